The molecule has 2 aliphatic rings. The summed E-state index contributed by atoms with van der Waals surface area (Å²) < 4.78 is 5.40. The number of likely N-dealkylation sites (tertiary alicyclic amines) is 2. The van der Waals surface area contributed by atoms with Crippen molar-refractivity contribution in [3.63, 3.8) is 0 Å². The average molecular weight is 283 g/mol. The molecule has 6 heteroatoms. The second kappa shape index (κ2) is 5.14. The van der Waals surface area contributed by atoms with Crippen LogP contribution in [0.5, 0.6) is 0 Å². The summed E-state index contributed by atoms with van der Waals surface area (Å²) in [5.74, 6) is 0. The molecule has 2 atom stereocenters. The Kier molecular flexibility index (Phi) is 3.84. The van der Waals surface area contributed by atoms with Gasteiger partial charge in [0.1, 0.15) is 5.60 Å². The highest BCUT2D eigenvalue weighted by atomic mass is 16.6. The van der Waals surface area contributed by atoms with E-state index in [1.807, 2.05) is 39.5 Å². The predicted octanol–water partition coefficient (Wildman–Crippen LogP) is 1.80. The first-order valence-electron chi connectivity index (χ1n) is 7.24. The molecule has 1 N–H and O–H groups in total. The van der Waals surface area contributed by atoms with Crippen LogP contribution >= 0.6 is 0 Å². The minimum Gasteiger partial charge on any atom is -0.444 e. The lowest BCUT2D eigenvalue weighted by Gasteiger charge is -2.35. The number of hydrogen-bond acceptors (Lipinski definition) is 3. The Morgan fingerprint density at radius 2 is 1.70 bits per heavy atom. The fourth-order valence-corrected chi connectivity index (χ4v) is 2.79. The van der Waals surface area contributed by atoms with Gasteiger partial charge in [0.05, 0.1) is 12.1 Å². The number of nitrogens with zero attached hydrogens (tertiary/aromatic N) is 2. The predicted molar refractivity (Wildman–Crippen MR) is 75.5 cm³/mol. The minimum atomic E-state index is -0.479. The number of piperazine rings is 1. The molecule has 0 aromatic rings. The average Bonchev–Trinajstić information content (AvgIpc) is 2.84. The summed E-state index contributed by atoms with van der Waals surface area (Å²) in [6.07, 6.45) is 0.582. The summed E-state index contributed by atoms with van der Waals surface area (Å²) in [5.41, 5.74) is -0.479. The van der Waals surface area contributed by atoms with Gasteiger partial charge in [0.2, 0.25) is 0 Å². The Morgan fingerprint density at radius 1 is 1.15 bits per heavy atom. The molecule has 3 amide bonds. The third-order valence-corrected chi connectivity index (χ3v) is 3.54. The van der Waals surface area contributed by atoms with Crippen molar-refractivity contribution in [1.29, 1.82) is 0 Å². The molecule has 2 bridgehead atoms. The molecule has 20 heavy (non-hydrogen) atoms. The fourth-order valence-electron chi connectivity index (χ4n) is 2.79. The standard InChI is InChI=1S/C14H25N3O3/c1-9(2)15-12(18)16-7-11-6-10(16)8-17(11)13(19)20-14(3,4)5/h9-11H,6-8H2,1-5H3,(H,15,18). The van der Waals surface area contributed by atoms with Gasteiger partial charge in [0, 0.05) is 19.1 Å². The van der Waals surface area contributed by atoms with E-state index in [-0.39, 0.29) is 30.2 Å². The van der Waals surface area contributed by atoms with E-state index >= 15 is 0 Å². The molecule has 0 spiro atoms. The van der Waals surface area contributed by atoms with Crippen LogP contribution in [0.25, 0.3) is 0 Å². The van der Waals surface area contributed by atoms with E-state index in [9.17, 15) is 9.59 Å². The van der Waals surface area contributed by atoms with Crippen LogP contribution in [0, 0.1) is 0 Å². The zero-order valence-electron chi connectivity index (χ0n) is 13.0. The van der Waals surface area contributed by atoms with Gasteiger partial charge < -0.3 is 19.9 Å². The van der Waals surface area contributed by atoms with Crippen LogP contribution in [-0.4, -0.2) is 58.7 Å². The number of fused-ring (bicyclic) bond motifs is 2. The lowest BCUT2D eigenvalue weighted by atomic mass is 10.2. The van der Waals surface area contributed by atoms with Crippen LogP contribution in [0.15, 0.2) is 0 Å². The molecule has 0 radical (unpaired) electrons. The molecule has 114 valence electrons. The van der Waals surface area contributed by atoms with E-state index < -0.39 is 5.60 Å². The number of carbonyl (C=O) groups is 2. The Morgan fingerprint density at radius 3 is 2.15 bits per heavy atom. The van der Waals surface area contributed by atoms with E-state index in [1.165, 1.54) is 0 Å². The van der Waals surface area contributed by atoms with Crippen molar-refractivity contribution in [2.24, 2.45) is 0 Å². The summed E-state index contributed by atoms with van der Waals surface area (Å²) in [5, 5.41) is 2.90. The van der Waals surface area contributed by atoms with Crippen molar-refractivity contribution in [3.05, 3.63) is 0 Å². The van der Waals surface area contributed by atoms with Gasteiger partial charge in [-0.1, -0.05) is 0 Å². The maximum Gasteiger partial charge on any atom is 0.410 e. The minimum absolute atomic E-state index is 0.0312. The summed E-state index contributed by atoms with van der Waals surface area (Å²) in [6, 6.07) is 0.305. The maximum absolute atomic E-state index is 12.1. The quantitative estimate of drug-likeness (QED) is 0.798. The number of nitrogens with one attached hydrogen (secondary N) is 1. The third kappa shape index (κ3) is 3.16. The van der Waals surface area contributed by atoms with Crippen LogP contribution in [0.2, 0.25) is 0 Å². The molecular formula is C14H25N3O3. The maximum atomic E-state index is 12.1. The van der Waals surface area contributed by atoms with Crippen LogP contribution in [-0.2, 0) is 4.74 Å². The lowest BCUT2D eigenvalue weighted by Crippen LogP contribution is -2.54. The molecule has 2 fully saturated rings. The van der Waals surface area contributed by atoms with E-state index in [4.69, 9.17) is 4.74 Å². The molecule has 2 heterocycles. The number of ether oxygens (including phenoxy) is 1. The van der Waals surface area contributed by atoms with Gasteiger partial charge in [0.25, 0.3) is 0 Å². The van der Waals surface area contributed by atoms with E-state index in [0.717, 1.165) is 6.42 Å². The smallest absolute Gasteiger partial charge is 0.410 e. The molecule has 2 unspecified atom stereocenters. The van der Waals surface area contributed by atoms with E-state index in [0.29, 0.717) is 13.1 Å². The van der Waals surface area contributed by atoms with Gasteiger partial charge >= 0.3 is 12.1 Å². The summed E-state index contributed by atoms with van der Waals surface area (Å²) in [6.45, 7) is 10.6. The van der Waals surface area contributed by atoms with Crippen LogP contribution in [0.1, 0.15) is 41.0 Å². The number of carbonyl (C=O) groups excluding carboxylic acids is 2. The first kappa shape index (κ1) is 14.9. The molecular weight excluding hydrogens is 258 g/mol. The molecule has 6 nitrogen and oxygen atoms in total. The number of hydrogen-bond donors (Lipinski definition) is 1. The molecule has 0 saturated carbocycles. The number of rotatable bonds is 1. The van der Waals surface area contributed by atoms with Gasteiger partial charge in [-0.3, -0.25) is 0 Å². The van der Waals surface area contributed by atoms with E-state index in [2.05, 4.69) is 5.32 Å². The molecule has 2 aliphatic heterocycles. The van der Waals surface area contributed by atoms with Crippen molar-refractivity contribution in [2.45, 2.75) is 64.8 Å². The number of amides is 3. The van der Waals surface area contributed by atoms with E-state index in [1.54, 1.807) is 4.90 Å². The molecule has 0 aromatic carbocycles. The highest BCUT2D eigenvalue weighted by molar-refractivity contribution is 5.76. The second-order valence-electron chi connectivity index (χ2n) is 6.93. The van der Waals surface area contributed by atoms with Gasteiger partial charge in [-0.25, -0.2) is 9.59 Å². The molecule has 2 rings (SSSR count). The van der Waals surface area contributed by atoms with Crippen molar-refractivity contribution in [1.82, 2.24) is 15.1 Å². The Hall–Kier alpha value is -1.46. The van der Waals surface area contributed by atoms with Crippen molar-refractivity contribution >= 4 is 12.1 Å². The van der Waals surface area contributed by atoms with Crippen LogP contribution < -0.4 is 5.32 Å². The van der Waals surface area contributed by atoms with Gasteiger partial charge in [0.15, 0.2) is 0 Å². The van der Waals surface area contributed by atoms with Crippen molar-refractivity contribution in [3.8, 4) is 0 Å². The second-order valence-corrected chi connectivity index (χ2v) is 6.93. The zero-order chi connectivity index (χ0) is 15.1. The SMILES string of the molecule is CC(C)NC(=O)N1CC2CC1CN2C(=O)OC(C)(C)C. The first-order chi connectivity index (χ1) is 9.17. The molecule has 2 saturated heterocycles. The molecule has 0 aliphatic carbocycles. The third-order valence-electron chi connectivity index (χ3n) is 3.54. The van der Waals surface area contributed by atoms with Crippen LogP contribution in [0.3, 0.4) is 0 Å². The summed E-state index contributed by atoms with van der Waals surface area (Å²) in [7, 11) is 0. The van der Waals surface area contributed by atoms with Gasteiger partial charge in [-0.2, -0.15) is 0 Å². The van der Waals surface area contributed by atoms with Crippen molar-refractivity contribution in [2.75, 3.05) is 13.1 Å². The fraction of sp³-hybridized carbons (Fsp3) is 0.857. The highest BCUT2D eigenvalue weighted by Crippen LogP contribution is 2.31. The Balaban J connectivity index is 1.92. The summed E-state index contributed by atoms with van der Waals surface area (Å²) >= 11 is 0. The first-order valence-corrected chi connectivity index (χ1v) is 7.24. The highest BCUT2D eigenvalue weighted by Gasteiger charge is 2.48. The monoisotopic (exact) mass is 283 g/mol. The zero-order valence-corrected chi connectivity index (χ0v) is 13.0. The summed E-state index contributed by atoms with van der Waals surface area (Å²) in [4.78, 5) is 27.7. The Bertz CT molecular complexity index is 403. The van der Waals surface area contributed by atoms with Crippen LogP contribution in [0.4, 0.5) is 9.59 Å². The largest absolute Gasteiger partial charge is 0.444 e. The molecule has 0 aromatic heterocycles. The topological polar surface area (TPSA) is 61.9 Å². The Labute approximate surface area is 120 Å². The normalized spacial score (nSPS) is 25.3. The number of urea groups is 1. The van der Waals surface area contributed by atoms with Gasteiger partial charge in [-0.05, 0) is 41.0 Å². The van der Waals surface area contributed by atoms with Crippen molar-refractivity contribution < 1.29 is 14.3 Å². The lowest BCUT2D eigenvalue weighted by molar-refractivity contribution is 0.0152. The van der Waals surface area contributed by atoms with Gasteiger partial charge in [-0.15, -0.1) is 0 Å².